The fraction of sp³-hybridized carbons (Fsp3) is 0.273. The van der Waals surface area contributed by atoms with E-state index in [1.165, 1.54) is 6.08 Å². The molecule has 94 valence electrons. The lowest BCUT2D eigenvalue weighted by Gasteiger charge is -2.10. The summed E-state index contributed by atoms with van der Waals surface area (Å²) in [4.78, 5) is 0. The van der Waals surface area contributed by atoms with Crippen LogP contribution in [0.3, 0.4) is 0 Å². The van der Waals surface area contributed by atoms with Gasteiger partial charge in [-0.2, -0.15) is 0 Å². The van der Waals surface area contributed by atoms with Gasteiger partial charge >= 0.3 is 0 Å². The molecule has 0 unspecified atom stereocenters. The van der Waals surface area contributed by atoms with Crippen LogP contribution in [0.15, 0.2) is 22.7 Å². The molecule has 0 atom stereocenters. The summed E-state index contributed by atoms with van der Waals surface area (Å²) in [5, 5.41) is 0.797. The van der Waals surface area contributed by atoms with Crippen molar-refractivity contribution < 1.29 is 9.47 Å². The lowest BCUT2D eigenvalue weighted by Crippen LogP contribution is -1.96. The molecule has 0 heterocycles. The fourth-order valence-corrected chi connectivity index (χ4v) is 1.81. The normalized spacial score (nSPS) is 9.94. The second-order valence-electron chi connectivity index (χ2n) is 2.95. The zero-order valence-corrected chi connectivity index (χ0v) is 12.0. The van der Waals surface area contributed by atoms with Crippen LogP contribution in [0.25, 0.3) is 0 Å². The zero-order chi connectivity index (χ0) is 12.8. The Morgan fingerprint density at radius 3 is 2.24 bits per heavy atom. The van der Waals surface area contributed by atoms with Crippen molar-refractivity contribution in [3.8, 4) is 11.5 Å². The van der Waals surface area contributed by atoms with E-state index in [1.54, 1.807) is 12.1 Å². The van der Waals surface area contributed by atoms with E-state index in [1.807, 2.05) is 6.92 Å². The van der Waals surface area contributed by atoms with Crippen molar-refractivity contribution in [2.45, 2.75) is 6.92 Å². The predicted octanol–water partition coefficient (Wildman–Crippen LogP) is 5.09. The first-order valence-corrected chi connectivity index (χ1v) is 6.31. The Balaban J connectivity index is 2.79. The van der Waals surface area contributed by atoms with Gasteiger partial charge in [0.15, 0.2) is 5.75 Å². The number of hydrogen-bond donors (Lipinski definition) is 0. The molecule has 0 bridgehead atoms. The molecule has 0 aliphatic heterocycles. The van der Waals surface area contributed by atoms with Gasteiger partial charge in [-0.15, -0.1) is 0 Å². The highest BCUT2D eigenvalue weighted by Crippen LogP contribution is 2.36. The molecule has 0 aromatic heterocycles. The van der Waals surface area contributed by atoms with Gasteiger partial charge in [-0.1, -0.05) is 46.4 Å². The predicted molar refractivity (Wildman–Crippen MR) is 72.9 cm³/mol. The van der Waals surface area contributed by atoms with Crippen molar-refractivity contribution in [2.75, 3.05) is 13.2 Å². The van der Waals surface area contributed by atoms with Crippen LogP contribution < -0.4 is 9.47 Å². The average molecular weight is 316 g/mol. The van der Waals surface area contributed by atoms with E-state index in [9.17, 15) is 0 Å². The first-order chi connectivity index (χ1) is 8.04. The number of ether oxygens (including phenoxy) is 2. The van der Waals surface area contributed by atoms with Crippen molar-refractivity contribution in [1.82, 2.24) is 0 Å². The Kier molecular flexibility index (Phi) is 6.28. The third-order valence-corrected chi connectivity index (χ3v) is 2.62. The molecular weight excluding hydrogens is 306 g/mol. The van der Waals surface area contributed by atoms with E-state index in [4.69, 9.17) is 55.9 Å². The molecule has 0 N–H and O–H groups in total. The SMILES string of the molecule is CCOc1c(Cl)cc(OCC=C(Cl)Cl)cc1Cl. The van der Waals surface area contributed by atoms with Gasteiger partial charge in [-0.25, -0.2) is 0 Å². The van der Waals surface area contributed by atoms with E-state index >= 15 is 0 Å². The molecule has 0 aliphatic carbocycles. The second kappa shape index (κ2) is 7.22. The lowest BCUT2D eigenvalue weighted by molar-refractivity contribution is 0.337. The van der Waals surface area contributed by atoms with Gasteiger partial charge in [0.2, 0.25) is 0 Å². The molecule has 0 aliphatic rings. The summed E-state index contributed by atoms with van der Waals surface area (Å²) in [6, 6.07) is 3.24. The molecule has 6 heteroatoms. The fourth-order valence-electron chi connectivity index (χ4n) is 1.10. The number of halogens is 4. The van der Waals surface area contributed by atoms with Crippen LogP contribution in [0, 0.1) is 0 Å². The van der Waals surface area contributed by atoms with Gasteiger partial charge in [-0.05, 0) is 13.0 Å². The maximum Gasteiger partial charge on any atom is 0.156 e. The minimum atomic E-state index is 0.146. The van der Waals surface area contributed by atoms with Crippen LogP contribution >= 0.6 is 46.4 Å². The van der Waals surface area contributed by atoms with Gasteiger partial charge in [-0.3, -0.25) is 0 Å². The van der Waals surface area contributed by atoms with Crippen molar-refractivity contribution in [3.05, 3.63) is 32.7 Å². The van der Waals surface area contributed by atoms with E-state index < -0.39 is 0 Å². The first-order valence-electron chi connectivity index (χ1n) is 4.80. The number of hydrogen-bond acceptors (Lipinski definition) is 2. The third-order valence-electron chi connectivity index (χ3n) is 1.75. The van der Waals surface area contributed by atoms with Crippen LogP contribution in [0.2, 0.25) is 10.0 Å². The van der Waals surface area contributed by atoms with Gasteiger partial charge in [0, 0.05) is 12.1 Å². The minimum Gasteiger partial charge on any atom is -0.491 e. The molecule has 0 saturated carbocycles. The van der Waals surface area contributed by atoms with Crippen LogP contribution in [0.4, 0.5) is 0 Å². The number of rotatable bonds is 5. The molecule has 0 spiro atoms. The summed E-state index contributed by atoms with van der Waals surface area (Å²) in [5.74, 6) is 0.975. The van der Waals surface area contributed by atoms with Crippen molar-refractivity contribution in [1.29, 1.82) is 0 Å². The summed E-state index contributed by atoms with van der Waals surface area (Å²) in [7, 11) is 0. The third kappa shape index (κ3) is 4.84. The van der Waals surface area contributed by atoms with Crippen LogP contribution in [0.1, 0.15) is 6.92 Å². The first kappa shape index (κ1) is 14.8. The summed E-state index contributed by atoms with van der Waals surface area (Å²) >= 11 is 22.9. The molecule has 0 saturated heterocycles. The molecule has 1 aromatic rings. The molecule has 2 nitrogen and oxygen atoms in total. The highest BCUT2D eigenvalue weighted by molar-refractivity contribution is 6.55. The Hall–Kier alpha value is -0.280. The highest BCUT2D eigenvalue weighted by atomic mass is 35.5. The highest BCUT2D eigenvalue weighted by Gasteiger charge is 2.09. The van der Waals surface area contributed by atoms with Crippen LogP contribution in [0.5, 0.6) is 11.5 Å². The summed E-state index contributed by atoms with van der Waals surface area (Å²) in [6.45, 7) is 2.58. The molecule has 0 radical (unpaired) electrons. The number of benzene rings is 1. The maximum atomic E-state index is 6.00. The lowest BCUT2D eigenvalue weighted by atomic mass is 10.3. The van der Waals surface area contributed by atoms with Gasteiger partial charge in [0.25, 0.3) is 0 Å². The summed E-state index contributed by atoms with van der Waals surface area (Å²) in [6.07, 6.45) is 1.52. The Morgan fingerprint density at radius 1 is 1.18 bits per heavy atom. The van der Waals surface area contributed by atoms with E-state index in [0.29, 0.717) is 28.2 Å². The Bertz CT molecular complexity index is 391. The van der Waals surface area contributed by atoms with Crippen LogP contribution in [-0.2, 0) is 0 Å². The second-order valence-corrected chi connectivity index (χ2v) is 4.78. The zero-order valence-electron chi connectivity index (χ0n) is 8.97. The molecular formula is C11H10Cl4O2. The molecule has 0 amide bonds. The van der Waals surface area contributed by atoms with Crippen molar-refractivity contribution >= 4 is 46.4 Å². The van der Waals surface area contributed by atoms with Gasteiger partial charge in [0.1, 0.15) is 16.8 Å². The van der Waals surface area contributed by atoms with E-state index in [-0.39, 0.29) is 11.1 Å². The Morgan fingerprint density at radius 2 is 1.76 bits per heavy atom. The van der Waals surface area contributed by atoms with E-state index in [2.05, 4.69) is 0 Å². The topological polar surface area (TPSA) is 18.5 Å². The molecule has 0 fully saturated rings. The van der Waals surface area contributed by atoms with Gasteiger partial charge in [0.05, 0.1) is 16.7 Å². The Labute approximate surface area is 120 Å². The van der Waals surface area contributed by atoms with Crippen molar-refractivity contribution in [3.63, 3.8) is 0 Å². The molecule has 17 heavy (non-hydrogen) atoms. The molecule has 1 aromatic carbocycles. The van der Waals surface area contributed by atoms with Crippen molar-refractivity contribution in [2.24, 2.45) is 0 Å². The standard InChI is InChI=1S/C11H10Cl4O2/c1-2-16-11-8(12)5-7(6-9(11)13)17-4-3-10(14)15/h3,5-6H,2,4H2,1H3. The monoisotopic (exact) mass is 314 g/mol. The van der Waals surface area contributed by atoms with E-state index in [0.717, 1.165) is 0 Å². The minimum absolute atomic E-state index is 0.146. The average Bonchev–Trinajstić information content (AvgIpc) is 2.23. The molecule has 1 rings (SSSR count). The maximum absolute atomic E-state index is 6.00. The van der Waals surface area contributed by atoms with Gasteiger partial charge < -0.3 is 9.47 Å². The smallest absolute Gasteiger partial charge is 0.156 e. The van der Waals surface area contributed by atoms with Crippen LogP contribution in [-0.4, -0.2) is 13.2 Å². The summed E-state index contributed by atoms with van der Waals surface area (Å²) in [5.41, 5.74) is 0. The largest absolute Gasteiger partial charge is 0.491 e. The summed E-state index contributed by atoms with van der Waals surface area (Å²) < 4.78 is 10.8. The quantitative estimate of drug-likeness (QED) is 0.753.